The van der Waals surface area contributed by atoms with Gasteiger partial charge in [-0.15, -0.1) is 0 Å². The van der Waals surface area contributed by atoms with E-state index in [0.29, 0.717) is 0 Å². The molecule has 1 N–H and O–H groups in total. The maximum atomic E-state index is 3.53. The molecule has 74 valence electrons. The fourth-order valence-electron chi connectivity index (χ4n) is 2.74. The standard InChI is InChI=1S/C12H16N2/c1-9-4-2-3-5-12(9)14-8-10-6-11(14)7-13-10/h2-5,10-11,13H,6-8H2,1H3. The maximum Gasteiger partial charge on any atom is 0.0430 e. The molecule has 14 heavy (non-hydrogen) atoms. The quantitative estimate of drug-likeness (QED) is 0.719. The average molecular weight is 188 g/mol. The molecule has 2 saturated heterocycles. The third kappa shape index (κ3) is 1.14. The lowest BCUT2D eigenvalue weighted by Crippen LogP contribution is -2.43. The molecule has 0 spiro atoms. The van der Waals surface area contributed by atoms with Gasteiger partial charge in [-0.1, -0.05) is 18.2 Å². The van der Waals surface area contributed by atoms with E-state index in [0.717, 1.165) is 12.1 Å². The highest BCUT2D eigenvalue weighted by atomic mass is 15.3. The van der Waals surface area contributed by atoms with Crippen LogP contribution in [-0.2, 0) is 0 Å². The molecule has 0 aliphatic carbocycles. The first-order valence-electron chi connectivity index (χ1n) is 5.40. The number of anilines is 1. The molecular weight excluding hydrogens is 172 g/mol. The van der Waals surface area contributed by atoms with Gasteiger partial charge in [0, 0.05) is 30.9 Å². The van der Waals surface area contributed by atoms with E-state index in [4.69, 9.17) is 0 Å². The van der Waals surface area contributed by atoms with Gasteiger partial charge in [-0.3, -0.25) is 0 Å². The molecule has 2 bridgehead atoms. The molecule has 0 saturated carbocycles. The van der Waals surface area contributed by atoms with Crippen LogP contribution in [0, 0.1) is 6.92 Å². The van der Waals surface area contributed by atoms with Crippen molar-refractivity contribution in [3.8, 4) is 0 Å². The van der Waals surface area contributed by atoms with Crippen molar-refractivity contribution in [2.75, 3.05) is 18.0 Å². The first-order valence-corrected chi connectivity index (χ1v) is 5.40. The van der Waals surface area contributed by atoms with Crippen LogP contribution in [0.1, 0.15) is 12.0 Å². The molecule has 0 aromatic heterocycles. The summed E-state index contributed by atoms with van der Waals surface area (Å²) in [6, 6.07) is 10.2. The van der Waals surface area contributed by atoms with E-state index in [1.165, 1.54) is 30.8 Å². The zero-order valence-electron chi connectivity index (χ0n) is 8.53. The number of rotatable bonds is 1. The van der Waals surface area contributed by atoms with Gasteiger partial charge in [0.1, 0.15) is 0 Å². The summed E-state index contributed by atoms with van der Waals surface area (Å²) in [6.07, 6.45) is 1.33. The predicted molar refractivity (Wildman–Crippen MR) is 58.7 cm³/mol. The smallest absolute Gasteiger partial charge is 0.0430 e. The normalized spacial score (nSPS) is 29.9. The topological polar surface area (TPSA) is 15.3 Å². The maximum absolute atomic E-state index is 3.53. The Kier molecular flexibility index (Phi) is 1.77. The second kappa shape index (κ2) is 2.99. The zero-order chi connectivity index (χ0) is 9.54. The third-order valence-electron chi connectivity index (χ3n) is 3.48. The predicted octanol–water partition coefficient (Wildman–Crippen LogP) is 1.55. The number of nitrogens with zero attached hydrogens (tertiary/aromatic N) is 1. The van der Waals surface area contributed by atoms with Crippen molar-refractivity contribution in [2.24, 2.45) is 0 Å². The molecule has 0 amide bonds. The Hall–Kier alpha value is -1.02. The van der Waals surface area contributed by atoms with Crippen molar-refractivity contribution >= 4 is 5.69 Å². The molecular formula is C12H16N2. The molecule has 2 unspecified atom stereocenters. The molecule has 1 aromatic rings. The zero-order valence-corrected chi connectivity index (χ0v) is 8.53. The first kappa shape index (κ1) is 8.30. The first-order chi connectivity index (χ1) is 6.84. The van der Waals surface area contributed by atoms with Crippen LogP contribution in [0.15, 0.2) is 24.3 Å². The minimum atomic E-state index is 0.736. The number of nitrogens with one attached hydrogen (secondary N) is 1. The summed E-state index contributed by atoms with van der Waals surface area (Å²) in [5.74, 6) is 0. The van der Waals surface area contributed by atoms with Crippen molar-refractivity contribution in [1.29, 1.82) is 0 Å². The molecule has 0 radical (unpaired) electrons. The highest BCUT2D eigenvalue weighted by molar-refractivity contribution is 5.55. The largest absolute Gasteiger partial charge is 0.365 e. The molecule has 3 rings (SSSR count). The summed E-state index contributed by atoms with van der Waals surface area (Å²) in [5.41, 5.74) is 2.83. The Bertz CT molecular complexity index is 348. The Labute approximate surface area is 84.9 Å². The van der Waals surface area contributed by atoms with Crippen molar-refractivity contribution in [3.63, 3.8) is 0 Å². The summed E-state index contributed by atoms with van der Waals surface area (Å²) in [6.45, 7) is 4.56. The molecule has 2 heteroatoms. The lowest BCUT2D eigenvalue weighted by atomic mass is 10.1. The fourth-order valence-corrected chi connectivity index (χ4v) is 2.74. The van der Waals surface area contributed by atoms with Gasteiger partial charge >= 0.3 is 0 Å². The number of piperazine rings is 1. The van der Waals surface area contributed by atoms with Gasteiger partial charge in [-0.2, -0.15) is 0 Å². The summed E-state index contributed by atoms with van der Waals surface area (Å²) < 4.78 is 0. The van der Waals surface area contributed by atoms with E-state index in [1.807, 2.05) is 0 Å². The van der Waals surface area contributed by atoms with E-state index in [1.54, 1.807) is 0 Å². The van der Waals surface area contributed by atoms with Gasteiger partial charge in [0.05, 0.1) is 0 Å². The van der Waals surface area contributed by atoms with Gasteiger partial charge in [0.2, 0.25) is 0 Å². The summed E-state index contributed by atoms with van der Waals surface area (Å²) >= 11 is 0. The van der Waals surface area contributed by atoms with Crippen LogP contribution >= 0.6 is 0 Å². The third-order valence-corrected chi connectivity index (χ3v) is 3.48. The number of para-hydroxylation sites is 1. The van der Waals surface area contributed by atoms with E-state index >= 15 is 0 Å². The van der Waals surface area contributed by atoms with Crippen molar-refractivity contribution in [3.05, 3.63) is 29.8 Å². The number of fused-ring (bicyclic) bond motifs is 2. The van der Waals surface area contributed by atoms with Gasteiger partial charge < -0.3 is 10.2 Å². The van der Waals surface area contributed by atoms with E-state index in [2.05, 4.69) is 41.4 Å². The van der Waals surface area contributed by atoms with Gasteiger partial charge in [0.25, 0.3) is 0 Å². The molecule has 2 fully saturated rings. The lowest BCUT2D eigenvalue weighted by Gasteiger charge is -2.30. The second-order valence-electron chi connectivity index (χ2n) is 4.43. The van der Waals surface area contributed by atoms with Crippen LogP contribution in [-0.4, -0.2) is 25.2 Å². The molecule has 2 aliphatic heterocycles. The van der Waals surface area contributed by atoms with Gasteiger partial charge in [-0.05, 0) is 25.0 Å². The molecule has 2 heterocycles. The van der Waals surface area contributed by atoms with Crippen molar-refractivity contribution in [1.82, 2.24) is 5.32 Å². The second-order valence-corrected chi connectivity index (χ2v) is 4.43. The Balaban J connectivity index is 1.93. The molecule has 1 aromatic carbocycles. The van der Waals surface area contributed by atoms with Crippen molar-refractivity contribution in [2.45, 2.75) is 25.4 Å². The average Bonchev–Trinajstić information content (AvgIpc) is 2.79. The molecule has 2 atom stereocenters. The Morgan fingerprint density at radius 2 is 2.21 bits per heavy atom. The highest BCUT2D eigenvalue weighted by Gasteiger charge is 2.37. The van der Waals surface area contributed by atoms with E-state index in [9.17, 15) is 0 Å². The lowest BCUT2D eigenvalue weighted by molar-refractivity contribution is 0.579. The highest BCUT2D eigenvalue weighted by Crippen LogP contribution is 2.31. The van der Waals surface area contributed by atoms with Gasteiger partial charge in [0.15, 0.2) is 0 Å². The number of hydrogen-bond donors (Lipinski definition) is 1. The monoisotopic (exact) mass is 188 g/mol. The van der Waals surface area contributed by atoms with Crippen molar-refractivity contribution < 1.29 is 0 Å². The molecule has 2 nitrogen and oxygen atoms in total. The van der Waals surface area contributed by atoms with E-state index < -0.39 is 0 Å². The van der Waals surface area contributed by atoms with Crippen LogP contribution < -0.4 is 10.2 Å². The summed E-state index contributed by atoms with van der Waals surface area (Å²) in [4.78, 5) is 2.57. The Morgan fingerprint density at radius 3 is 2.86 bits per heavy atom. The SMILES string of the molecule is Cc1ccccc1N1CC2CC1CN2. The summed E-state index contributed by atoms with van der Waals surface area (Å²) in [5, 5.41) is 3.53. The van der Waals surface area contributed by atoms with Crippen LogP contribution in [0.2, 0.25) is 0 Å². The van der Waals surface area contributed by atoms with E-state index in [-0.39, 0.29) is 0 Å². The van der Waals surface area contributed by atoms with Crippen LogP contribution in [0.5, 0.6) is 0 Å². The Morgan fingerprint density at radius 1 is 1.36 bits per heavy atom. The minimum absolute atomic E-state index is 0.736. The summed E-state index contributed by atoms with van der Waals surface area (Å²) in [7, 11) is 0. The molecule has 2 aliphatic rings. The minimum Gasteiger partial charge on any atom is -0.365 e. The van der Waals surface area contributed by atoms with Crippen LogP contribution in [0.25, 0.3) is 0 Å². The number of hydrogen-bond acceptors (Lipinski definition) is 2. The van der Waals surface area contributed by atoms with Crippen LogP contribution in [0.3, 0.4) is 0 Å². The number of aryl methyl sites for hydroxylation is 1. The van der Waals surface area contributed by atoms with Gasteiger partial charge in [-0.25, -0.2) is 0 Å². The number of benzene rings is 1. The van der Waals surface area contributed by atoms with Crippen LogP contribution in [0.4, 0.5) is 5.69 Å². The fraction of sp³-hybridized carbons (Fsp3) is 0.500.